The van der Waals surface area contributed by atoms with Gasteiger partial charge in [0, 0.05) is 22.9 Å². The summed E-state index contributed by atoms with van der Waals surface area (Å²) < 4.78 is 2.16. The molecule has 0 fully saturated rings. The average molecular weight is 406 g/mol. The molecule has 0 saturated carbocycles. The van der Waals surface area contributed by atoms with Gasteiger partial charge in [0.05, 0.1) is 0 Å². The van der Waals surface area contributed by atoms with Crippen LogP contribution in [0.2, 0.25) is 5.02 Å². The van der Waals surface area contributed by atoms with Crippen molar-refractivity contribution < 1.29 is 0 Å². The zero-order valence-electron chi connectivity index (χ0n) is 15.5. The van der Waals surface area contributed by atoms with E-state index in [0.29, 0.717) is 0 Å². The molecule has 0 aliphatic heterocycles. The standard InChI is InChI=1S/C23H20ClN3S/c1-17-7-5-12-21(13-17)27-22(15-18-8-3-2-4-9-18)25-26-23(27)28-16-19-10-6-11-20(24)14-19/h2-14H,15-16H2,1H3. The van der Waals surface area contributed by atoms with Crippen molar-refractivity contribution in [2.75, 3.05) is 0 Å². The van der Waals surface area contributed by atoms with E-state index in [9.17, 15) is 0 Å². The zero-order valence-corrected chi connectivity index (χ0v) is 17.1. The van der Waals surface area contributed by atoms with Crippen LogP contribution in [-0.4, -0.2) is 14.8 Å². The molecule has 0 N–H and O–H groups in total. The van der Waals surface area contributed by atoms with E-state index in [1.54, 1.807) is 11.8 Å². The van der Waals surface area contributed by atoms with Crippen LogP contribution in [0, 0.1) is 6.92 Å². The van der Waals surface area contributed by atoms with Gasteiger partial charge in [-0.1, -0.05) is 78.0 Å². The summed E-state index contributed by atoms with van der Waals surface area (Å²) in [6.07, 6.45) is 0.736. The minimum atomic E-state index is 0.736. The lowest BCUT2D eigenvalue weighted by Gasteiger charge is -2.11. The average Bonchev–Trinajstić information content (AvgIpc) is 3.10. The topological polar surface area (TPSA) is 30.7 Å². The van der Waals surface area contributed by atoms with Gasteiger partial charge in [-0.3, -0.25) is 4.57 Å². The molecule has 0 radical (unpaired) electrons. The summed E-state index contributed by atoms with van der Waals surface area (Å²) in [4.78, 5) is 0. The van der Waals surface area contributed by atoms with E-state index < -0.39 is 0 Å². The molecule has 5 heteroatoms. The number of hydrogen-bond acceptors (Lipinski definition) is 3. The van der Waals surface area contributed by atoms with Gasteiger partial charge >= 0.3 is 0 Å². The monoisotopic (exact) mass is 405 g/mol. The molecule has 0 aliphatic rings. The molecule has 0 bridgehead atoms. The summed E-state index contributed by atoms with van der Waals surface area (Å²) in [6.45, 7) is 2.10. The summed E-state index contributed by atoms with van der Waals surface area (Å²) in [5.74, 6) is 1.72. The van der Waals surface area contributed by atoms with Crippen molar-refractivity contribution in [1.82, 2.24) is 14.8 Å². The van der Waals surface area contributed by atoms with E-state index in [-0.39, 0.29) is 0 Å². The third kappa shape index (κ3) is 4.46. The Hall–Kier alpha value is -2.56. The first-order valence-corrected chi connectivity index (χ1v) is 10.5. The highest BCUT2D eigenvalue weighted by Gasteiger charge is 2.15. The predicted octanol–water partition coefficient (Wildman–Crippen LogP) is 6.11. The van der Waals surface area contributed by atoms with Crippen LogP contribution in [0.25, 0.3) is 5.69 Å². The van der Waals surface area contributed by atoms with Gasteiger partial charge in [-0.2, -0.15) is 0 Å². The summed E-state index contributed by atoms with van der Waals surface area (Å²) in [6, 6.07) is 26.8. The zero-order chi connectivity index (χ0) is 19.3. The maximum absolute atomic E-state index is 6.12. The highest BCUT2D eigenvalue weighted by atomic mass is 35.5. The maximum Gasteiger partial charge on any atom is 0.196 e. The highest BCUT2D eigenvalue weighted by molar-refractivity contribution is 7.98. The SMILES string of the molecule is Cc1cccc(-n2c(Cc3ccccc3)nnc2SCc2cccc(Cl)c2)c1. The molecule has 1 aromatic heterocycles. The number of benzene rings is 3. The fourth-order valence-corrected chi connectivity index (χ4v) is 4.21. The molecule has 4 aromatic rings. The Labute approximate surface area is 174 Å². The van der Waals surface area contributed by atoms with Crippen molar-refractivity contribution in [2.24, 2.45) is 0 Å². The predicted molar refractivity (Wildman–Crippen MR) is 116 cm³/mol. The Bertz CT molecular complexity index is 1080. The van der Waals surface area contributed by atoms with Crippen molar-refractivity contribution in [3.63, 3.8) is 0 Å². The number of nitrogens with zero attached hydrogens (tertiary/aromatic N) is 3. The molecule has 28 heavy (non-hydrogen) atoms. The molecule has 0 spiro atoms. The van der Waals surface area contributed by atoms with Gasteiger partial charge in [0.2, 0.25) is 0 Å². The lowest BCUT2D eigenvalue weighted by atomic mass is 10.1. The molecule has 3 nitrogen and oxygen atoms in total. The molecular formula is C23H20ClN3S. The van der Waals surface area contributed by atoms with Crippen LogP contribution < -0.4 is 0 Å². The third-order valence-electron chi connectivity index (χ3n) is 4.42. The summed E-state index contributed by atoms with van der Waals surface area (Å²) in [7, 11) is 0. The van der Waals surface area contributed by atoms with Crippen molar-refractivity contribution in [2.45, 2.75) is 24.3 Å². The number of aromatic nitrogens is 3. The number of thioether (sulfide) groups is 1. The smallest absolute Gasteiger partial charge is 0.196 e. The van der Waals surface area contributed by atoms with Crippen molar-refractivity contribution in [1.29, 1.82) is 0 Å². The van der Waals surface area contributed by atoms with E-state index in [4.69, 9.17) is 11.6 Å². The van der Waals surface area contributed by atoms with E-state index in [0.717, 1.165) is 33.9 Å². The molecule has 4 rings (SSSR count). The van der Waals surface area contributed by atoms with E-state index in [2.05, 4.69) is 76.3 Å². The van der Waals surface area contributed by atoms with Gasteiger partial charge in [0.25, 0.3) is 0 Å². The van der Waals surface area contributed by atoms with Crippen LogP contribution in [0.4, 0.5) is 0 Å². The second-order valence-electron chi connectivity index (χ2n) is 6.65. The van der Waals surface area contributed by atoms with Gasteiger partial charge in [-0.05, 0) is 47.9 Å². The number of halogens is 1. The number of hydrogen-bond donors (Lipinski definition) is 0. The highest BCUT2D eigenvalue weighted by Crippen LogP contribution is 2.27. The van der Waals surface area contributed by atoms with Gasteiger partial charge < -0.3 is 0 Å². The van der Waals surface area contributed by atoms with Crippen LogP contribution in [0.3, 0.4) is 0 Å². The van der Waals surface area contributed by atoms with Gasteiger partial charge in [-0.25, -0.2) is 0 Å². The number of aryl methyl sites for hydroxylation is 1. The first kappa shape index (κ1) is 18.8. The summed E-state index contributed by atoms with van der Waals surface area (Å²) >= 11 is 7.79. The van der Waals surface area contributed by atoms with E-state index in [1.165, 1.54) is 16.7 Å². The molecule has 3 aromatic carbocycles. The maximum atomic E-state index is 6.12. The Morgan fingerprint density at radius 2 is 1.64 bits per heavy atom. The van der Waals surface area contributed by atoms with Crippen LogP contribution in [0.5, 0.6) is 0 Å². The van der Waals surface area contributed by atoms with Crippen molar-refractivity contribution in [3.05, 3.63) is 106 Å². The molecule has 0 saturated heterocycles. The fourth-order valence-electron chi connectivity index (χ4n) is 3.09. The second-order valence-corrected chi connectivity index (χ2v) is 8.03. The Morgan fingerprint density at radius 3 is 2.43 bits per heavy atom. The van der Waals surface area contributed by atoms with Gasteiger partial charge in [0.1, 0.15) is 5.82 Å². The minimum absolute atomic E-state index is 0.736. The molecular weight excluding hydrogens is 386 g/mol. The molecule has 0 aliphatic carbocycles. The summed E-state index contributed by atoms with van der Waals surface area (Å²) in [5.41, 5.74) is 4.68. The molecule has 140 valence electrons. The molecule has 0 amide bonds. The van der Waals surface area contributed by atoms with Crippen LogP contribution in [-0.2, 0) is 12.2 Å². The Morgan fingerprint density at radius 1 is 0.857 bits per heavy atom. The molecule has 0 unspecified atom stereocenters. The Kier molecular flexibility index (Phi) is 5.79. The quantitative estimate of drug-likeness (QED) is 0.362. The molecule has 0 atom stereocenters. The van der Waals surface area contributed by atoms with Gasteiger partial charge in [-0.15, -0.1) is 10.2 Å². The first-order valence-electron chi connectivity index (χ1n) is 9.11. The normalized spacial score (nSPS) is 10.9. The fraction of sp³-hybridized carbons (Fsp3) is 0.130. The second kappa shape index (κ2) is 8.63. The largest absolute Gasteiger partial charge is 0.274 e. The lowest BCUT2D eigenvalue weighted by Crippen LogP contribution is -2.04. The number of rotatable bonds is 6. The van der Waals surface area contributed by atoms with Crippen LogP contribution in [0.1, 0.15) is 22.5 Å². The third-order valence-corrected chi connectivity index (χ3v) is 5.66. The van der Waals surface area contributed by atoms with Crippen LogP contribution >= 0.6 is 23.4 Å². The minimum Gasteiger partial charge on any atom is -0.274 e. The van der Waals surface area contributed by atoms with E-state index >= 15 is 0 Å². The first-order chi connectivity index (χ1) is 13.7. The molecule has 1 heterocycles. The summed E-state index contributed by atoms with van der Waals surface area (Å²) in [5, 5.41) is 10.7. The van der Waals surface area contributed by atoms with Crippen molar-refractivity contribution in [3.8, 4) is 5.69 Å². The van der Waals surface area contributed by atoms with Gasteiger partial charge in [0.15, 0.2) is 5.16 Å². The van der Waals surface area contributed by atoms with Crippen LogP contribution in [0.15, 0.2) is 84.0 Å². The van der Waals surface area contributed by atoms with Crippen molar-refractivity contribution >= 4 is 23.4 Å². The van der Waals surface area contributed by atoms with E-state index in [1.807, 2.05) is 24.3 Å². The lowest BCUT2D eigenvalue weighted by molar-refractivity contribution is 0.846. The Balaban J connectivity index is 1.67.